The van der Waals surface area contributed by atoms with Crippen molar-refractivity contribution in [2.75, 3.05) is 5.32 Å². The molecule has 2 aromatic rings. The second-order valence-corrected chi connectivity index (χ2v) is 6.21. The molecule has 0 saturated heterocycles. The summed E-state index contributed by atoms with van der Waals surface area (Å²) in [7, 11) is 0. The molecule has 1 atom stereocenters. The van der Waals surface area contributed by atoms with Gasteiger partial charge in [0, 0.05) is 27.7 Å². The summed E-state index contributed by atoms with van der Waals surface area (Å²) in [5, 5.41) is 3.53. The van der Waals surface area contributed by atoms with E-state index in [-0.39, 0.29) is 5.91 Å². The van der Waals surface area contributed by atoms with E-state index < -0.39 is 5.38 Å². The van der Waals surface area contributed by atoms with E-state index in [1.54, 1.807) is 18.2 Å². The number of benzene rings is 2. The third-order valence-electron chi connectivity index (χ3n) is 3.57. The summed E-state index contributed by atoms with van der Waals surface area (Å²) in [4.78, 5) is 11.4. The summed E-state index contributed by atoms with van der Waals surface area (Å²) in [6, 6.07) is 11.1. The normalized spacial score (nSPS) is 15.3. The predicted molar refractivity (Wildman–Crippen MR) is 87.6 cm³/mol. The van der Waals surface area contributed by atoms with E-state index in [1.165, 1.54) is 0 Å². The Hall–Kier alpha value is -1.22. The minimum Gasteiger partial charge on any atom is -0.326 e. The van der Waals surface area contributed by atoms with Crippen molar-refractivity contribution in [1.82, 2.24) is 0 Å². The lowest BCUT2D eigenvalue weighted by molar-refractivity contribution is -0.116. The number of fused-ring (bicyclic) bond motifs is 1. The first-order chi connectivity index (χ1) is 10.1. The molecule has 1 unspecified atom stereocenters. The fourth-order valence-corrected chi connectivity index (χ4v) is 3.58. The smallest absolute Gasteiger partial charge is 0.224 e. The second kappa shape index (κ2) is 5.88. The quantitative estimate of drug-likeness (QED) is 0.747. The van der Waals surface area contributed by atoms with Crippen LogP contribution in [0, 0.1) is 0 Å². The maximum absolute atomic E-state index is 11.4. The van der Waals surface area contributed by atoms with Crippen LogP contribution in [0.1, 0.15) is 28.5 Å². The van der Waals surface area contributed by atoms with Gasteiger partial charge in [0.05, 0.1) is 5.38 Å². The molecule has 0 bridgehead atoms. The highest BCUT2D eigenvalue weighted by Gasteiger charge is 2.20. The summed E-state index contributed by atoms with van der Waals surface area (Å²) >= 11 is 19.0. The summed E-state index contributed by atoms with van der Waals surface area (Å²) in [6.45, 7) is 0. The van der Waals surface area contributed by atoms with Crippen molar-refractivity contribution in [3.8, 4) is 0 Å². The molecule has 108 valence electrons. The molecule has 1 aliphatic heterocycles. The predicted octanol–water partition coefficient (Wildman–Crippen LogP) is 5.21. The van der Waals surface area contributed by atoms with E-state index in [1.807, 2.05) is 18.2 Å². The zero-order chi connectivity index (χ0) is 15.0. The van der Waals surface area contributed by atoms with Gasteiger partial charge in [0.15, 0.2) is 0 Å². The molecule has 2 aromatic carbocycles. The van der Waals surface area contributed by atoms with E-state index in [0.717, 1.165) is 23.2 Å². The van der Waals surface area contributed by atoms with Gasteiger partial charge in [0.25, 0.3) is 0 Å². The number of halogens is 3. The van der Waals surface area contributed by atoms with Crippen LogP contribution in [0.5, 0.6) is 0 Å². The maximum Gasteiger partial charge on any atom is 0.224 e. The Bertz CT molecular complexity index is 694. The minimum absolute atomic E-state index is 0.0480. The van der Waals surface area contributed by atoms with Crippen LogP contribution in [0.3, 0.4) is 0 Å². The lowest BCUT2D eigenvalue weighted by Gasteiger charge is -2.20. The zero-order valence-corrected chi connectivity index (χ0v) is 13.3. The Labute approximate surface area is 138 Å². The van der Waals surface area contributed by atoms with E-state index in [0.29, 0.717) is 22.0 Å². The van der Waals surface area contributed by atoms with Crippen molar-refractivity contribution in [2.24, 2.45) is 0 Å². The molecule has 1 aliphatic rings. The number of carbonyl (C=O) groups is 1. The van der Waals surface area contributed by atoms with Crippen molar-refractivity contribution in [2.45, 2.75) is 18.2 Å². The van der Waals surface area contributed by atoms with Crippen LogP contribution >= 0.6 is 34.8 Å². The third-order valence-corrected chi connectivity index (χ3v) is 4.70. The van der Waals surface area contributed by atoms with Gasteiger partial charge in [-0.2, -0.15) is 0 Å². The molecule has 0 aliphatic carbocycles. The standard InChI is InChI=1S/C16H12Cl3NO/c17-11-2-1-3-12(18)15(11)16(19)10-4-6-13-9(8-10)5-7-14(21)20-13/h1-4,6,8,16H,5,7H2,(H,20,21). The fourth-order valence-electron chi connectivity index (χ4n) is 2.48. The van der Waals surface area contributed by atoms with Crippen LogP contribution < -0.4 is 5.32 Å². The van der Waals surface area contributed by atoms with E-state index >= 15 is 0 Å². The molecule has 0 radical (unpaired) electrons. The van der Waals surface area contributed by atoms with Gasteiger partial charge in [-0.25, -0.2) is 0 Å². The number of amides is 1. The van der Waals surface area contributed by atoms with Crippen LogP contribution in [-0.4, -0.2) is 5.91 Å². The first-order valence-corrected chi connectivity index (χ1v) is 7.76. The van der Waals surface area contributed by atoms with Gasteiger partial charge in [-0.05, 0) is 35.7 Å². The molecular formula is C16H12Cl3NO. The number of aryl methyl sites for hydroxylation is 1. The highest BCUT2D eigenvalue weighted by atomic mass is 35.5. The van der Waals surface area contributed by atoms with Gasteiger partial charge in [0.1, 0.15) is 0 Å². The third kappa shape index (κ3) is 2.89. The van der Waals surface area contributed by atoms with Crippen molar-refractivity contribution in [1.29, 1.82) is 0 Å². The number of rotatable bonds is 2. The molecule has 0 fully saturated rings. The molecule has 0 saturated carbocycles. The van der Waals surface area contributed by atoms with Gasteiger partial charge in [-0.15, -0.1) is 11.6 Å². The first kappa shape index (κ1) is 14.7. The van der Waals surface area contributed by atoms with Gasteiger partial charge in [-0.3, -0.25) is 4.79 Å². The molecular weight excluding hydrogens is 329 g/mol. The van der Waals surface area contributed by atoms with E-state index in [9.17, 15) is 4.79 Å². The maximum atomic E-state index is 11.4. The van der Waals surface area contributed by atoms with Crippen LogP contribution in [0.2, 0.25) is 10.0 Å². The molecule has 1 heterocycles. The Kier molecular flexibility index (Phi) is 4.12. The molecule has 1 N–H and O–H groups in total. The summed E-state index contributed by atoms with van der Waals surface area (Å²) in [5.41, 5.74) is 3.56. The average Bonchev–Trinajstić information content (AvgIpc) is 2.46. The Morgan fingerprint density at radius 3 is 2.48 bits per heavy atom. The lowest BCUT2D eigenvalue weighted by atomic mass is 9.97. The highest BCUT2D eigenvalue weighted by Crippen LogP contribution is 2.39. The number of anilines is 1. The van der Waals surface area contributed by atoms with Gasteiger partial charge in [0.2, 0.25) is 5.91 Å². The molecule has 0 spiro atoms. The van der Waals surface area contributed by atoms with Crippen molar-refractivity contribution >= 4 is 46.4 Å². The van der Waals surface area contributed by atoms with Gasteiger partial charge >= 0.3 is 0 Å². The number of nitrogens with one attached hydrogen (secondary N) is 1. The van der Waals surface area contributed by atoms with E-state index in [4.69, 9.17) is 34.8 Å². The van der Waals surface area contributed by atoms with Crippen molar-refractivity contribution in [3.63, 3.8) is 0 Å². The molecule has 3 rings (SSSR count). The monoisotopic (exact) mass is 339 g/mol. The number of hydrogen-bond donors (Lipinski definition) is 1. The first-order valence-electron chi connectivity index (χ1n) is 6.57. The second-order valence-electron chi connectivity index (χ2n) is 4.96. The molecule has 5 heteroatoms. The molecule has 1 amide bonds. The van der Waals surface area contributed by atoms with Crippen LogP contribution in [0.15, 0.2) is 36.4 Å². The summed E-state index contributed by atoms with van der Waals surface area (Å²) in [5.74, 6) is 0.0480. The minimum atomic E-state index is -0.422. The van der Waals surface area contributed by atoms with Gasteiger partial charge < -0.3 is 5.32 Å². The topological polar surface area (TPSA) is 29.1 Å². The van der Waals surface area contributed by atoms with Crippen molar-refractivity contribution < 1.29 is 4.79 Å². The molecule has 21 heavy (non-hydrogen) atoms. The SMILES string of the molecule is O=C1CCc2cc(C(Cl)c3c(Cl)cccc3Cl)ccc2N1. The summed E-state index contributed by atoms with van der Waals surface area (Å²) in [6.07, 6.45) is 1.21. The number of carbonyl (C=O) groups excluding carboxylic acids is 1. The fraction of sp³-hybridized carbons (Fsp3) is 0.188. The zero-order valence-electron chi connectivity index (χ0n) is 11.0. The van der Waals surface area contributed by atoms with E-state index in [2.05, 4.69) is 5.32 Å². The van der Waals surface area contributed by atoms with Crippen LogP contribution in [0.25, 0.3) is 0 Å². The number of alkyl halides is 1. The van der Waals surface area contributed by atoms with Crippen LogP contribution in [0.4, 0.5) is 5.69 Å². The average molecular weight is 341 g/mol. The van der Waals surface area contributed by atoms with Gasteiger partial charge in [-0.1, -0.05) is 41.4 Å². The Balaban J connectivity index is 1.99. The van der Waals surface area contributed by atoms with Crippen molar-refractivity contribution in [3.05, 3.63) is 63.1 Å². The highest BCUT2D eigenvalue weighted by molar-refractivity contribution is 6.38. The largest absolute Gasteiger partial charge is 0.326 e. The lowest BCUT2D eigenvalue weighted by Crippen LogP contribution is -2.19. The molecule has 2 nitrogen and oxygen atoms in total. The number of hydrogen-bond acceptors (Lipinski definition) is 1. The van der Waals surface area contributed by atoms with Crippen LogP contribution in [-0.2, 0) is 11.2 Å². The Morgan fingerprint density at radius 2 is 1.76 bits per heavy atom. The Morgan fingerprint density at radius 1 is 1.05 bits per heavy atom. The molecule has 0 aromatic heterocycles. The summed E-state index contributed by atoms with van der Waals surface area (Å²) < 4.78 is 0.